The minimum atomic E-state index is -0.830. The summed E-state index contributed by atoms with van der Waals surface area (Å²) in [5, 5.41) is 9.17. The van der Waals surface area contributed by atoms with Gasteiger partial charge in [-0.3, -0.25) is 4.79 Å². The van der Waals surface area contributed by atoms with Crippen molar-refractivity contribution < 1.29 is 19.4 Å². The molecule has 1 saturated carbocycles. The molecule has 1 aliphatic carbocycles. The van der Waals surface area contributed by atoms with E-state index < -0.39 is 11.4 Å². The lowest BCUT2D eigenvalue weighted by molar-refractivity contribution is -0.147. The zero-order valence-electron chi connectivity index (χ0n) is 12.3. The second-order valence-electron chi connectivity index (χ2n) is 6.26. The van der Waals surface area contributed by atoms with E-state index >= 15 is 0 Å². The standard InChI is InChI=1S/C14H24N2O4/c1-14(12(17)18)5-6-16(10-14)13(19)15(2)7-8-20-9-11-3-4-11/h11H,3-10H2,1-2H3,(H,17,18). The Labute approximate surface area is 119 Å². The molecular weight excluding hydrogens is 260 g/mol. The number of likely N-dealkylation sites (tertiary alicyclic amines) is 1. The van der Waals surface area contributed by atoms with Gasteiger partial charge in [-0.15, -0.1) is 0 Å². The van der Waals surface area contributed by atoms with Crippen LogP contribution in [0.5, 0.6) is 0 Å². The van der Waals surface area contributed by atoms with Gasteiger partial charge in [0.1, 0.15) is 0 Å². The molecule has 0 aromatic rings. The third-order valence-electron chi connectivity index (χ3n) is 4.21. The number of carbonyl (C=O) groups excluding carboxylic acids is 1. The number of aliphatic carboxylic acids is 1. The minimum Gasteiger partial charge on any atom is -0.481 e. The molecule has 0 radical (unpaired) electrons. The van der Waals surface area contributed by atoms with Gasteiger partial charge in [0.25, 0.3) is 0 Å². The molecule has 0 aromatic carbocycles. The van der Waals surface area contributed by atoms with Crippen molar-refractivity contribution in [3.8, 4) is 0 Å². The Morgan fingerprint density at radius 3 is 2.70 bits per heavy atom. The van der Waals surface area contributed by atoms with E-state index in [4.69, 9.17) is 4.74 Å². The highest BCUT2D eigenvalue weighted by atomic mass is 16.5. The Balaban J connectivity index is 1.71. The highest BCUT2D eigenvalue weighted by molar-refractivity contribution is 5.79. The van der Waals surface area contributed by atoms with Crippen molar-refractivity contribution in [2.24, 2.45) is 11.3 Å². The van der Waals surface area contributed by atoms with Crippen LogP contribution in [0.2, 0.25) is 0 Å². The summed E-state index contributed by atoms with van der Waals surface area (Å²) in [6, 6.07) is -0.106. The number of ether oxygens (including phenoxy) is 1. The van der Waals surface area contributed by atoms with Crippen LogP contribution in [0.15, 0.2) is 0 Å². The fourth-order valence-electron chi connectivity index (χ4n) is 2.37. The number of carbonyl (C=O) groups is 2. The summed E-state index contributed by atoms with van der Waals surface area (Å²) in [7, 11) is 1.74. The van der Waals surface area contributed by atoms with Crippen molar-refractivity contribution in [3.63, 3.8) is 0 Å². The smallest absolute Gasteiger partial charge is 0.319 e. The molecule has 1 aliphatic heterocycles. The predicted octanol–water partition coefficient (Wildman–Crippen LogP) is 1.26. The Morgan fingerprint density at radius 1 is 1.45 bits per heavy atom. The average Bonchev–Trinajstić information content (AvgIpc) is 3.14. The van der Waals surface area contributed by atoms with Crippen molar-refractivity contribution in [2.75, 3.05) is 39.9 Å². The van der Waals surface area contributed by atoms with Crippen LogP contribution >= 0.6 is 0 Å². The number of carboxylic acids is 1. The first-order valence-corrected chi connectivity index (χ1v) is 7.23. The van der Waals surface area contributed by atoms with Gasteiger partial charge in [0.2, 0.25) is 0 Å². The first-order chi connectivity index (χ1) is 9.42. The highest BCUT2D eigenvalue weighted by Crippen LogP contribution is 2.30. The molecule has 2 amide bonds. The van der Waals surface area contributed by atoms with E-state index in [1.807, 2.05) is 0 Å². The Bertz CT molecular complexity index is 383. The van der Waals surface area contributed by atoms with Crippen LogP contribution < -0.4 is 0 Å². The molecule has 0 spiro atoms. The molecule has 1 unspecified atom stereocenters. The Hall–Kier alpha value is -1.30. The van der Waals surface area contributed by atoms with Gasteiger partial charge in [0, 0.05) is 33.3 Å². The maximum Gasteiger partial charge on any atom is 0.319 e. The van der Waals surface area contributed by atoms with Crippen molar-refractivity contribution in [3.05, 3.63) is 0 Å². The van der Waals surface area contributed by atoms with Gasteiger partial charge in [-0.2, -0.15) is 0 Å². The molecule has 0 bridgehead atoms. The van der Waals surface area contributed by atoms with Crippen molar-refractivity contribution >= 4 is 12.0 Å². The molecule has 6 nitrogen and oxygen atoms in total. The lowest BCUT2D eigenvalue weighted by Gasteiger charge is -2.25. The SMILES string of the molecule is CN(CCOCC1CC1)C(=O)N1CCC(C)(C(=O)O)C1. The van der Waals surface area contributed by atoms with Crippen LogP contribution in [0.4, 0.5) is 4.79 Å². The van der Waals surface area contributed by atoms with E-state index in [2.05, 4.69) is 0 Å². The van der Waals surface area contributed by atoms with Gasteiger partial charge in [-0.05, 0) is 32.1 Å². The molecule has 1 saturated heterocycles. The van der Waals surface area contributed by atoms with E-state index in [1.165, 1.54) is 12.8 Å². The molecule has 0 aromatic heterocycles. The Morgan fingerprint density at radius 2 is 2.15 bits per heavy atom. The van der Waals surface area contributed by atoms with Crippen molar-refractivity contribution in [2.45, 2.75) is 26.2 Å². The number of hydrogen-bond donors (Lipinski definition) is 1. The highest BCUT2D eigenvalue weighted by Gasteiger charge is 2.42. The zero-order chi connectivity index (χ0) is 14.8. The molecule has 1 atom stereocenters. The van der Waals surface area contributed by atoms with Gasteiger partial charge < -0.3 is 19.6 Å². The number of rotatable bonds is 6. The van der Waals surface area contributed by atoms with Crippen LogP contribution in [0.1, 0.15) is 26.2 Å². The predicted molar refractivity (Wildman–Crippen MR) is 73.5 cm³/mol. The fourth-order valence-corrected chi connectivity index (χ4v) is 2.37. The van der Waals surface area contributed by atoms with Gasteiger partial charge in [0.05, 0.1) is 12.0 Å². The topological polar surface area (TPSA) is 70.1 Å². The van der Waals surface area contributed by atoms with Crippen LogP contribution in [-0.2, 0) is 9.53 Å². The summed E-state index contributed by atoms with van der Waals surface area (Å²) in [6.07, 6.45) is 3.03. The molecule has 1 N–H and O–H groups in total. The molecule has 1 heterocycles. The number of nitrogens with zero attached hydrogens (tertiary/aromatic N) is 2. The van der Waals surface area contributed by atoms with Crippen LogP contribution in [0.25, 0.3) is 0 Å². The second-order valence-corrected chi connectivity index (χ2v) is 6.26. The van der Waals surface area contributed by atoms with E-state index in [1.54, 1.807) is 23.8 Å². The third kappa shape index (κ3) is 3.62. The molecule has 20 heavy (non-hydrogen) atoms. The summed E-state index contributed by atoms with van der Waals surface area (Å²) in [5.74, 6) is -0.103. The van der Waals surface area contributed by atoms with Crippen molar-refractivity contribution in [1.29, 1.82) is 0 Å². The summed E-state index contributed by atoms with van der Waals surface area (Å²) in [4.78, 5) is 26.6. The van der Waals surface area contributed by atoms with Gasteiger partial charge in [-0.1, -0.05) is 0 Å². The number of urea groups is 1. The van der Waals surface area contributed by atoms with E-state index in [0.29, 0.717) is 26.1 Å². The monoisotopic (exact) mass is 284 g/mol. The Kier molecular flexibility index (Phi) is 4.52. The van der Waals surface area contributed by atoms with Crippen LogP contribution in [0.3, 0.4) is 0 Å². The lowest BCUT2D eigenvalue weighted by atomic mass is 9.90. The first kappa shape index (κ1) is 15.1. The number of likely N-dealkylation sites (N-methyl/N-ethyl adjacent to an activating group) is 1. The van der Waals surface area contributed by atoms with Gasteiger partial charge in [0.15, 0.2) is 0 Å². The average molecular weight is 284 g/mol. The van der Waals surface area contributed by atoms with Gasteiger partial charge >= 0.3 is 12.0 Å². The van der Waals surface area contributed by atoms with E-state index in [0.717, 1.165) is 12.5 Å². The molecule has 2 rings (SSSR count). The molecule has 2 aliphatic rings. The first-order valence-electron chi connectivity index (χ1n) is 7.23. The lowest BCUT2D eigenvalue weighted by Crippen LogP contribution is -2.43. The molecule has 2 fully saturated rings. The van der Waals surface area contributed by atoms with Crippen molar-refractivity contribution in [1.82, 2.24) is 9.80 Å². The summed E-state index contributed by atoms with van der Waals surface area (Å²) < 4.78 is 5.51. The molecule has 114 valence electrons. The normalized spacial score (nSPS) is 25.8. The van der Waals surface area contributed by atoms with Crippen LogP contribution in [0, 0.1) is 11.3 Å². The van der Waals surface area contributed by atoms with E-state index in [-0.39, 0.29) is 12.6 Å². The number of hydrogen-bond acceptors (Lipinski definition) is 3. The summed E-state index contributed by atoms with van der Waals surface area (Å²) in [5.41, 5.74) is -0.807. The molecular formula is C14H24N2O4. The molecule has 6 heteroatoms. The second kappa shape index (κ2) is 5.99. The fraction of sp³-hybridized carbons (Fsp3) is 0.857. The number of carboxylic acid groups (broad SMARTS) is 1. The zero-order valence-corrected chi connectivity index (χ0v) is 12.3. The largest absolute Gasteiger partial charge is 0.481 e. The summed E-state index contributed by atoms with van der Waals surface area (Å²) >= 11 is 0. The quantitative estimate of drug-likeness (QED) is 0.746. The number of amides is 2. The third-order valence-corrected chi connectivity index (χ3v) is 4.21. The van der Waals surface area contributed by atoms with Crippen LogP contribution in [-0.4, -0.2) is 66.8 Å². The maximum absolute atomic E-state index is 12.2. The minimum absolute atomic E-state index is 0.106. The summed E-state index contributed by atoms with van der Waals surface area (Å²) in [6.45, 7) is 4.38. The van der Waals surface area contributed by atoms with E-state index in [9.17, 15) is 14.7 Å². The van der Waals surface area contributed by atoms with Gasteiger partial charge in [-0.25, -0.2) is 4.79 Å². The maximum atomic E-state index is 12.2.